The summed E-state index contributed by atoms with van der Waals surface area (Å²) < 4.78 is 1.62. The minimum absolute atomic E-state index is 0.000631. The Morgan fingerprint density at radius 3 is 3.04 bits per heavy atom. The van der Waals surface area contributed by atoms with Gasteiger partial charge in [-0.2, -0.15) is 5.10 Å². The number of hydrogen-bond acceptors (Lipinski definition) is 4. The van der Waals surface area contributed by atoms with Crippen molar-refractivity contribution in [1.82, 2.24) is 14.8 Å². The number of nitrogens with zero attached hydrogens (tertiary/aromatic N) is 3. The van der Waals surface area contributed by atoms with Crippen molar-refractivity contribution in [2.24, 2.45) is 5.92 Å². The van der Waals surface area contributed by atoms with Crippen LogP contribution in [0, 0.1) is 5.92 Å². The highest BCUT2D eigenvalue weighted by molar-refractivity contribution is 5.92. The molecule has 0 unspecified atom stereocenters. The minimum Gasteiger partial charge on any atom is -0.394 e. The molecular weight excluding hydrogens is 292 g/mol. The van der Waals surface area contributed by atoms with E-state index in [2.05, 4.69) is 27.6 Å². The Hall–Kier alpha value is -2.47. The van der Waals surface area contributed by atoms with Crippen LogP contribution in [0.3, 0.4) is 0 Å². The molecule has 2 heterocycles. The maximum Gasteiger partial charge on any atom is 0.228 e. The van der Waals surface area contributed by atoms with Crippen molar-refractivity contribution in [2.45, 2.75) is 25.8 Å². The van der Waals surface area contributed by atoms with Gasteiger partial charge in [0.15, 0.2) is 0 Å². The number of nitrogens with one attached hydrogen (secondary N) is 1. The number of aromatic nitrogens is 3. The Morgan fingerprint density at radius 2 is 2.35 bits per heavy atom. The Morgan fingerprint density at radius 1 is 1.43 bits per heavy atom. The largest absolute Gasteiger partial charge is 0.394 e. The molecule has 0 radical (unpaired) electrons. The zero-order chi connectivity index (χ0) is 16.1. The van der Waals surface area contributed by atoms with Gasteiger partial charge >= 0.3 is 0 Å². The molecule has 1 amide bonds. The molecule has 3 rings (SSSR count). The monoisotopic (exact) mass is 312 g/mol. The number of anilines is 1. The molecule has 23 heavy (non-hydrogen) atoms. The third-order valence-corrected chi connectivity index (χ3v) is 3.94. The van der Waals surface area contributed by atoms with Gasteiger partial charge in [-0.1, -0.05) is 12.2 Å². The van der Waals surface area contributed by atoms with Crippen molar-refractivity contribution < 1.29 is 9.90 Å². The van der Waals surface area contributed by atoms with Crippen LogP contribution in [0.5, 0.6) is 0 Å². The SMILES string of the molecule is O=C(Nc1cc(-c2cccnc2)nn1CCO)[C@@H]1CC=CCC1. The molecule has 0 fully saturated rings. The third-order valence-electron chi connectivity index (χ3n) is 3.94. The first-order valence-electron chi connectivity index (χ1n) is 7.83. The first-order valence-corrected chi connectivity index (χ1v) is 7.83. The van der Waals surface area contributed by atoms with Gasteiger partial charge in [-0.15, -0.1) is 0 Å². The standard InChI is InChI=1S/C17H20N4O2/c22-10-9-21-16(19-17(23)13-5-2-1-3-6-13)11-15(20-21)14-7-4-8-18-12-14/h1-2,4,7-8,11-13,22H,3,5-6,9-10H2,(H,19,23)/t13-/m1/s1. The highest BCUT2D eigenvalue weighted by atomic mass is 16.3. The molecular formula is C17H20N4O2. The van der Waals surface area contributed by atoms with E-state index in [-0.39, 0.29) is 18.4 Å². The van der Waals surface area contributed by atoms with Crippen LogP contribution in [0.15, 0.2) is 42.7 Å². The lowest BCUT2D eigenvalue weighted by Crippen LogP contribution is -2.25. The fraction of sp³-hybridized carbons (Fsp3) is 0.353. The van der Waals surface area contributed by atoms with Crippen LogP contribution in [0.25, 0.3) is 11.3 Å². The van der Waals surface area contributed by atoms with E-state index in [0.29, 0.717) is 12.4 Å². The maximum atomic E-state index is 12.4. The fourth-order valence-electron chi connectivity index (χ4n) is 2.70. The summed E-state index contributed by atoms with van der Waals surface area (Å²) in [6.07, 6.45) is 10.2. The molecule has 0 saturated heterocycles. The van der Waals surface area contributed by atoms with Gasteiger partial charge in [0.2, 0.25) is 5.91 Å². The molecule has 2 aromatic rings. The topological polar surface area (TPSA) is 80.0 Å². The van der Waals surface area contributed by atoms with Gasteiger partial charge in [0, 0.05) is 29.9 Å². The second-order valence-corrected chi connectivity index (χ2v) is 5.57. The van der Waals surface area contributed by atoms with Crippen molar-refractivity contribution in [2.75, 3.05) is 11.9 Å². The normalized spacial score (nSPS) is 17.2. The van der Waals surface area contributed by atoms with Crippen LogP contribution in [-0.4, -0.2) is 32.4 Å². The third kappa shape index (κ3) is 3.65. The summed E-state index contributed by atoms with van der Waals surface area (Å²) >= 11 is 0. The molecule has 0 spiro atoms. The molecule has 120 valence electrons. The minimum atomic E-state index is -0.0385. The second-order valence-electron chi connectivity index (χ2n) is 5.57. The number of pyridine rings is 1. The summed E-state index contributed by atoms with van der Waals surface area (Å²) in [6, 6.07) is 5.58. The molecule has 6 nitrogen and oxygen atoms in total. The first kappa shape index (κ1) is 15.4. The van der Waals surface area contributed by atoms with Gasteiger partial charge in [0.1, 0.15) is 5.82 Å². The van der Waals surface area contributed by atoms with Gasteiger partial charge in [-0.05, 0) is 31.4 Å². The first-order chi connectivity index (χ1) is 11.3. The molecule has 0 saturated carbocycles. The fourth-order valence-corrected chi connectivity index (χ4v) is 2.70. The van der Waals surface area contributed by atoms with Crippen molar-refractivity contribution >= 4 is 11.7 Å². The quantitative estimate of drug-likeness (QED) is 0.830. The van der Waals surface area contributed by atoms with Crippen molar-refractivity contribution in [3.8, 4) is 11.3 Å². The average molecular weight is 312 g/mol. The number of amides is 1. The van der Waals surface area contributed by atoms with Crippen LogP contribution >= 0.6 is 0 Å². The van der Waals surface area contributed by atoms with E-state index in [0.717, 1.165) is 30.5 Å². The van der Waals surface area contributed by atoms with Gasteiger partial charge in [-0.3, -0.25) is 9.78 Å². The Kier molecular flexibility index (Phi) is 4.83. The lowest BCUT2D eigenvalue weighted by atomic mass is 9.94. The van der Waals surface area contributed by atoms with Gasteiger partial charge < -0.3 is 10.4 Å². The lowest BCUT2D eigenvalue weighted by molar-refractivity contribution is -0.120. The van der Waals surface area contributed by atoms with Gasteiger partial charge in [0.25, 0.3) is 0 Å². The summed E-state index contributed by atoms with van der Waals surface area (Å²) in [5.41, 5.74) is 1.60. The molecule has 6 heteroatoms. The van der Waals surface area contributed by atoms with Crippen molar-refractivity contribution in [1.29, 1.82) is 0 Å². The van der Waals surface area contributed by atoms with Crippen LogP contribution in [0.2, 0.25) is 0 Å². The second kappa shape index (κ2) is 7.19. The molecule has 1 aliphatic carbocycles. The Bertz CT molecular complexity index is 694. The molecule has 1 atom stereocenters. The zero-order valence-corrected chi connectivity index (χ0v) is 12.9. The van der Waals surface area contributed by atoms with E-state index in [1.54, 1.807) is 17.1 Å². The summed E-state index contributed by atoms with van der Waals surface area (Å²) in [6.45, 7) is 0.295. The summed E-state index contributed by atoms with van der Waals surface area (Å²) in [4.78, 5) is 16.5. The highest BCUT2D eigenvalue weighted by Crippen LogP contribution is 2.24. The lowest BCUT2D eigenvalue weighted by Gasteiger charge is -2.17. The van der Waals surface area contributed by atoms with Crippen LogP contribution in [0.1, 0.15) is 19.3 Å². The summed E-state index contributed by atoms with van der Waals surface area (Å²) in [7, 11) is 0. The Labute approximate surface area is 134 Å². The highest BCUT2D eigenvalue weighted by Gasteiger charge is 2.20. The zero-order valence-electron chi connectivity index (χ0n) is 12.9. The van der Waals surface area contributed by atoms with Crippen LogP contribution in [0.4, 0.5) is 5.82 Å². The number of carbonyl (C=O) groups is 1. The van der Waals surface area contributed by atoms with E-state index in [9.17, 15) is 9.90 Å². The van der Waals surface area contributed by atoms with Crippen molar-refractivity contribution in [3.63, 3.8) is 0 Å². The van der Waals surface area contributed by atoms with Gasteiger partial charge in [-0.25, -0.2) is 4.68 Å². The van der Waals surface area contributed by atoms with Gasteiger partial charge in [0.05, 0.1) is 18.8 Å². The van der Waals surface area contributed by atoms with E-state index in [4.69, 9.17) is 0 Å². The van der Waals surface area contributed by atoms with E-state index in [1.807, 2.05) is 18.2 Å². The number of carbonyl (C=O) groups excluding carboxylic acids is 1. The van der Waals surface area contributed by atoms with E-state index in [1.165, 1.54) is 0 Å². The maximum absolute atomic E-state index is 12.4. The molecule has 0 aromatic carbocycles. The summed E-state index contributed by atoms with van der Waals surface area (Å²) in [5, 5.41) is 16.6. The predicted molar refractivity (Wildman–Crippen MR) is 87.7 cm³/mol. The summed E-state index contributed by atoms with van der Waals surface area (Å²) in [5.74, 6) is 0.614. The predicted octanol–water partition coefficient (Wildman–Crippen LogP) is 2.23. The number of aliphatic hydroxyl groups excluding tert-OH is 1. The number of allylic oxidation sites excluding steroid dienone is 2. The van der Waals surface area contributed by atoms with E-state index < -0.39 is 0 Å². The molecule has 1 aliphatic rings. The number of aliphatic hydroxyl groups is 1. The number of hydrogen-bond donors (Lipinski definition) is 2. The molecule has 0 bridgehead atoms. The number of rotatable bonds is 5. The smallest absolute Gasteiger partial charge is 0.228 e. The van der Waals surface area contributed by atoms with Crippen LogP contribution < -0.4 is 5.32 Å². The van der Waals surface area contributed by atoms with Crippen molar-refractivity contribution in [3.05, 3.63) is 42.7 Å². The van der Waals surface area contributed by atoms with Crippen LogP contribution in [-0.2, 0) is 11.3 Å². The van der Waals surface area contributed by atoms with E-state index >= 15 is 0 Å². The molecule has 2 aromatic heterocycles. The molecule has 2 N–H and O–H groups in total. The molecule has 0 aliphatic heterocycles. The Balaban J connectivity index is 1.81. The average Bonchev–Trinajstić information content (AvgIpc) is 2.99.